The number of rotatable bonds is 6. The maximum Gasteiger partial charge on any atom is 0.260 e. The minimum atomic E-state index is -0.330. The summed E-state index contributed by atoms with van der Waals surface area (Å²) in [5.41, 5.74) is 0.412. The van der Waals surface area contributed by atoms with Crippen LogP contribution in [0.2, 0.25) is 5.02 Å². The molecule has 2 aromatic rings. The summed E-state index contributed by atoms with van der Waals surface area (Å²) < 4.78 is 10.4. The lowest BCUT2D eigenvalue weighted by atomic mass is 10.2. The average molecular weight is 307 g/mol. The zero-order valence-electron chi connectivity index (χ0n) is 11.5. The quantitative estimate of drug-likeness (QED) is 0.833. The highest BCUT2D eigenvalue weighted by Crippen LogP contribution is 2.22. The second-order valence-corrected chi connectivity index (χ2v) is 4.53. The molecule has 0 unspecified atom stereocenters. The Labute approximate surface area is 127 Å². The van der Waals surface area contributed by atoms with Gasteiger partial charge in [0.15, 0.2) is 5.82 Å². The molecule has 0 aliphatic heterocycles. The highest BCUT2D eigenvalue weighted by atomic mass is 35.5. The molecule has 0 spiro atoms. The Hall–Kier alpha value is -2.11. The van der Waals surface area contributed by atoms with Crippen LogP contribution in [0.25, 0.3) is 0 Å². The lowest BCUT2D eigenvalue weighted by Gasteiger charge is -2.11. The molecule has 0 radical (unpaired) electrons. The third-order valence-electron chi connectivity index (χ3n) is 2.67. The van der Waals surface area contributed by atoms with Crippen molar-refractivity contribution in [2.24, 2.45) is 0 Å². The van der Waals surface area contributed by atoms with Crippen molar-refractivity contribution in [3.05, 3.63) is 53.2 Å². The van der Waals surface area contributed by atoms with Crippen LogP contribution in [-0.2, 0) is 4.74 Å². The average Bonchev–Trinajstić information content (AvgIpc) is 2.50. The molecule has 5 nitrogen and oxygen atoms in total. The van der Waals surface area contributed by atoms with E-state index in [0.29, 0.717) is 35.4 Å². The van der Waals surface area contributed by atoms with Crippen molar-refractivity contribution in [3.8, 4) is 5.75 Å². The Morgan fingerprint density at radius 3 is 2.81 bits per heavy atom. The topological polar surface area (TPSA) is 60.5 Å². The number of nitrogens with zero attached hydrogens (tertiary/aromatic N) is 1. The van der Waals surface area contributed by atoms with E-state index in [-0.39, 0.29) is 5.91 Å². The molecule has 6 heteroatoms. The van der Waals surface area contributed by atoms with Crippen LogP contribution in [0, 0.1) is 0 Å². The second kappa shape index (κ2) is 7.61. The van der Waals surface area contributed by atoms with E-state index >= 15 is 0 Å². The molecule has 1 aromatic carbocycles. The maximum absolute atomic E-state index is 12.3. The van der Waals surface area contributed by atoms with Crippen molar-refractivity contribution in [3.63, 3.8) is 0 Å². The third kappa shape index (κ3) is 4.18. The number of anilines is 1. The van der Waals surface area contributed by atoms with E-state index < -0.39 is 0 Å². The fourth-order valence-corrected chi connectivity index (χ4v) is 1.84. The van der Waals surface area contributed by atoms with Gasteiger partial charge in [-0.15, -0.1) is 0 Å². The van der Waals surface area contributed by atoms with Gasteiger partial charge in [0.25, 0.3) is 5.91 Å². The van der Waals surface area contributed by atoms with Gasteiger partial charge in [0.05, 0.1) is 17.2 Å². The highest BCUT2D eigenvalue weighted by molar-refractivity contribution is 6.33. The number of carbonyl (C=O) groups is 1. The number of benzene rings is 1. The van der Waals surface area contributed by atoms with Crippen LogP contribution in [0.3, 0.4) is 0 Å². The summed E-state index contributed by atoms with van der Waals surface area (Å²) in [5, 5.41) is 3.04. The predicted molar refractivity (Wildman–Crippen MR) is 81.0 cm³/mol. The van der Waals surface area contributed by atoms with Gasteiger partial charge in [-0.3, -0.25) is 4.79 Å². The molecule has 21 heavy (non-hydrogen) atoms. The number of pyridine rings is 1. The van der Waals surface area contributed by atoms with Crippen LogP contribution >= 0.6 is 11.6 Å². The Kier molecular flexibility index (Phi) is 5.54. The molecule has 0 atom stereocenters. The number of ether oxygens (including phenoxy) is 2. The van der Waals surface area contributed by atoms with Crippen molar-refractivity contribution in [2.75, 3.05) is 25.6 Å². The number of nitrogens with one attached hydrogen (secondary N) is 1. The first-order chi connectivity index (χ1) is 10.2. The van der Waals surface area contributed by atoms with Crippen LogP contribution in [0.15, 0.2) is 42.6 Å². The highest BCUT2D eigenvalue weighted by Gasteiger charge is 2.14. The van der Waals surface area contributed by atoms with Crippen LogP contribution in [0.1, 0.15) is 10.4 Å². The van der Waals surface area contributed by atoms with E-state index in [2.05, 4.69) is 10.3 Å². The summed E-state index contributed by atoms with van der Waals surface area (Å²) in [6, 6.07) is 10.3. The molecule has 0 saturated heterocycles. The summed E-state index contributed by atoms with van der Waals surface area (Å²) >= 11 is 5.97. The number of methoxy groups -OCH3 is 1. The molecular formula is C15H15ClN2O3. The van der Waals surface area contributed by atoms with E-state index in [1.807, 2.05) is 0 Å². The summed E-state index contributed by atoms with van der Waals surface area (Å²) in [6.07, 6.45) is 1.56. The van der Waals surface area contributed by atoms with Gasteiger partial charge in [-0.05, 0) is 24.3 Å². The first-order valence-electron chi connectivity index (χ1n) is 6.35. The molecule has 2 rings (SSSR count). The van der Waals surface area contributed by atoms with Gasteiger partial charge < -0.3 is 14.8 Å². The normalized spacial score (nSPS) is 10.2. The van der Waals surface area contributed by atoms with Crippen LogP contribution in [0.5, 0.6) is 5.75 Å². The largest absolute Gasteiger partial charge is 0.490 e. The summed E-state index contributed by atoms with van der Waals surface area (Å²) in [6.45, 7) is 0.813. The number of carbonyl (C=O) groups excluding carboxylic acids is 1. The van der Waals surface area contributed by atoms with Crippen molar-refractivity contribution < 1.29 is 14.3 Å². The van der Waals surface area contributed by atoms with Crippen LogP contribution < -0.4 is 10.1 Å². The van der Waals surface area contributed by atoms with Gasteiger partial charge in [-0.25, -0.2) is 4.98 Å². The second-order valence-electron chi connectivity index (χ2n) is 4.13. The third-order valence-corrected chi connectivity index (χ3v) is 2.97. The van der Waals surface area contributed by atoms with E-state index in [4.69, 9.17) is 21.1 Å². The molecular weight excluding hydrogens is 292 g/mol. The van der Waals surface area contributed by atoms with Crippen LogP contribution in [0.4, 0.5) is 5.82 Å². The van der Waals surface area contributed by atoms with Crippen molar-refractivity contribution in [1.29, 1.82) is 0 Å². The lowest BCUT2D eigenvalue weighted by molar-refractivity contribution is 0.101. The summed E-state index contributed by atoms with van der Waals surface area (Å²) in [4.78, 5) is 16.3. The van der Waals surface area contributed by atoms with Crippen molar-refractivity contribution >= 4 is 23.3 Å². The van der Waals surface area contributed by atoms with Gasteiger partial charge in [-0.2, -0.15) is 0 Å². The van der Waals surface area contributed by atoms with Gasteiger partial charge >= 0.3 is 0 Å². The Morgan fingerprint density at radius 1 is 1.24 bits per heavy atom. The SMILES string of the molecule is COCCOc1ccccc1C(=O)Nc1ncccc1Cl. The summed E-state index contributed by atoms with van der Waals surface area (Å²) in [7, 11) is 1.59. The number of amides is 1. The number of hydrogen-bond acceptors (Lipinski definition) is 4. The molecule has 0 aliphatic carbocycles. The van der Waals surface area contributed by atoms with Gasteiger partial charge in [0.2, 0.25) is 0 Å². The first-order valence-corrected chi connectivity index (χ1v) is 6.73. The molecule has 0 bridgehead atoms. The molecule has 0 saturated carbocycles. The minimum Gasteiger partial charge on any atom is -0.490 e. The maximum atomic E-state index is 12.3. The standard InChI is InChI=1S/C15H15ClN2O3/c1-20-9-10-21-13-7-3-2-5-11(13)15(19)18-14-12(16)6-4-8-17-14/h2-8H,9-10H2,1H3,(H,17,18,19). The number of para-hydroxylation sites is 1. The van der Waals surface area contributed by atoms with Crippen LogP contribution in [-0.4, -0.2) is 31.2 Å². The number of hydrogen-bond donors (Lipinski definition) is 1. The van der Waals surface area contributed by atoms with Gasteiger partial charge in [0.1, 0.15) is 12.4 Å². The Bertz CT molecular complexity index is 619. The van der Waals surface area contributed by atoms with Gasteiger partial charge in [-0.1, -0.05) is 23.7 Å². The lowest BCUT2D eigenvalue weighted by Crippen LogP contribution is -2.15. The van der Waals surface area contributed by atoms with E-state index in [1.54, 1.807) is 49.7 Å². The predicted octanol–water partition coefficient (Wildman–Crippen LogP) is 3.01. The zero-order chi connectivity index (χ0) is 15.1. The van der Waals surface area contributed by atoms with Gasteiger partial charge in [0, 0.05) is 13.3 Å². The zero-order valence-corrected chi connectivity index (χ0v) is 12.3. The monoisotopic (exact) mass is 306 g/mol. The molecule has 0 fully saturated rings. The van der Waals surface area contributed by atoms with E-state index in [1.165, 1.54) is 0 Å². The number of halogens is 1. The molecule has 110 valence electrons. The minimum absolute atomic E-state index is 0.316. The Morgan fingerprint density at radius 2 is 2.05 bits per heavy atom. The van der Waals surface area contributed by atoms with E-state index in [0.717, 1.165) is 0 Å². The fourth-order valence-electron chi connectivity index (χ4n) is 1.67. The van der Waals surface area contributed by atoms with Crippen molar-refractivity contribution in [2.45, 2.75) is 0 Å². The molecule has 1 amide bonds. The number of aromatic nitrogens is 1. The molecule has 1 aromatic heterocycles. The van der Waals surface area contributed by atoms with E-state index in [9.17, 15) is 4.79 Å². The fraction of sp³-hybridized carbons (Fsp3) is 0.200. The molecule has 0 aliphatic rings. The summed E-state index contributed by atoms with van der Waals surface area (Å²) in [5.74, 6) is 0.471. The smallest absolute Gasteiger partial charge is 0.260 e. The molecule has 1 N–H and O–H groups in total. The van der Waals surface area contributed by atoms with Crippen molar-refractivity contribution in [1.82, 2.24) is 4.98 Å². The molecule has 1 heterocycles. The Balaban J connectivity index is 2.13. The first kappa shape index (κ1) is 15.3.